The Morgan fingerprint density at radius 1 is 0.860 bits per heavy atom. The molecule has 0 spiro atoms. The highest BCUT2D eigenvalue weighted by molar-refractivity contribution is 5.96. The van der Waals surface area contributed by atoms with Crippen LogP contribution in [0.4, 0.5) is 0 Å². The van der Waals surface area contributed by atoms with Crippen LogP contribution in [0.3, 0.4) is 0 Å². The van der Waals surface area contributed by atoms with Gasteiger partial charge in [-0.2, -0.15) is 0 Å². The standard InChI is InChI=1S/C27H42N10O6/c28-10-4-3-8-20(26(42)43)36-24(40)19(9-5-11-33-27(31)32)35-25(41)21(13-22(30)38)37-23(39)17(29)12-15-14-34-18-7-2-1-6-16(15)18/h1-2,6-7,14,17,19-21,34H,3-5,8-13,28-29H2,(H2,30,38)(H,35,41)(H,36,40)(H,37,39)(H,42,43)(H4,31,32,33). The first-order valence-electron chi connectivity index (χ1n) is 13.9. The molecule has 2 rings (SSSR count). The third-order valence-corrected chi connectivity index (χ3v) is 6.63. The summed E-state index contributed by atoms with van der Waals surface area (Å²) in [6, 6.07) is 2.46. The summed E-state index contributed by atoms with van der Waals surface area (Å²) in [5, 5.41) is 17.8. The Labute approximate surface area is 248 Å². The van der Waals surface area contributed by atoms with E-state index < -0.39 is 60.2 Å². The number of carbonyl (C=O) groups excluding carboxylic acids is 4. The van der Waals surface area contributed by atoms with Gasteiger partial charge in [0.1, 0.15) is 18.1 Å². The van der Waals surface area contributed by atoms with E-state index in [9.17, 15) is 29.1 Å². The van der Waals surface area contributed by atoms with Gasteiger partial charge in [0.2, 0.25) is 23.6 Å². The number of benzene rings is 1. The molecule has 0 saturated carbocycles. The number of rotatable bonds is 19. The summed E-state index contributed by atoms with van der Waals surface area (Å²) < 4.78 is 0. The highest BCUT2D eigenvalue weighted by Gasteiger charge is 2.31. The van der Waals surface area contributed by atoms with Gasteiger partial charge in [-0.05, 0) is 56.7 Å². The molecule has 236 valence electrons. The second kappa shape index (κ2) is 17.3. The number of carboxylic acids is 1. The fourth-order valence-corrected chi connectivity index (χ4v) is 4.39. The molecule has 0 aliphatic carbocycles. The van der Waals surface area contributed by atoms with E-state index in [4.69, 9.17) is 28.7 Å². The SMILES string of the molecule is NCCCCC(NC(=O)C(CCCN=C(N)N)NC(=O)C(CC(N)=O)NC(=O)C(N)Cc1c[nH]c2ccccc12)C(=O)O. The Morgan fingerprint density at radius 2 is 1.49 bits per heavy atom. The zero-order valence-corrected chi connectivity index (χ0v) is 23.9. The Balaban J connectivity index is 2.15. The van der Waals surface area contributed by atoms with E-state index in [0.717, 1.165) is 16.5 Å². The zero-order valence-electron chi connectivity index (χ0n) is 23.9. The third-order valence-electron chi connectivity index (χ3n) is 6.63. The van der Waals surface area contributed by atoms with Crippen molar-refractivity contribution in [2.75, 3.05) is 13.1 Å². The normalized spacial score (nSPS) is 13.7. The second-order valence-electron chi connectivity index (χ2n) is 10.1. The first-order chi connectivity index (χ1) is 20.4. The number of primary amides is 1. The molecular formula is C27H42N10O6. The predicted octanol–water partition coefficient (Wildman–Crippen LogP) is -2.37. The Hall–Kier alpha value is -4.70. The molecule has 1 aromatic heterocycles. The number of H-pyrrole nitrogens is 1. The lowest BCUT2D eigenvalue weighted by molar-refractivity contribution is -0.142. The predicted molar refractivity (Wildman–Crippen MR) is 160 cm³/mol. The number of aromatic amines is 1. The van der Waals surface area contributed by atoms with Gasteiger partial charge in [0.15, 0.2) is 5.96 Å². The maximum Gasteiger partial charge on any atom is 0.326 e. The van der Waals surface area contributed by atoms with Crippen LogP contribution in [0, 0.1) is 0 Å². The van der Waals surface area contributed by atoms with Crippen LogP contribution in [0.25, 0.3) is 10.9 Å². The molecule has 1 heterocycles. The van der Waals surface area contributed by atoms with E-state index in [2.05, 4.69) is 25.9 Å². The molecule has 2 aromatic rings. The minimum atomic E-state index is -1.45. The summed E-state index contributed by atoms with van der Waals surface area (Å²) in [6.45, 7) is 0.493. The van der Waals surface area contributed by atoms with E-state index in [1.54, 1.807) is 6.20 Å². The monoisotopic (exact) mass is 602 g/mol. The first-order valence-corrected chi connectivity index (χ1v) is 13.9. The number of para-hydroxylation sites is 1. The second-order valence-corrected chi connectivity index (χ2v) is 10.1. The molecule has 0 aliphatic heterocycles. The molecule has 15 N–H and O–H groups in total. The number of aliphatic imine (C=N–C) groups is 1. The van der Waals surface area contributed by atoms with Crippen molar-refractivity contribution in [3.63, 3.8) is 0 Å². The van der Waals surface area contributed by atoms with Gasteiger partial charge in [-0.1, -0.05) is 18.2 Å². The van der Waals surface area contributed by atoms with Gasteiger partial charge in [-0.3, -0.25) is 24.2 Å². The van der Waals surface area contributed by atoms with E-state index >= 15 is 0 Å². The number of hydrogen-bond donors (Lipinski definition) is 10. The summed E-state index contributed by atoms with van der Waals surface area (Å²) in [5.41, 5.74) is 29.3. The Bertz CT molecular complexity index is 1290. The Morgan fingerprint density at radius 3 is 2.14 bits per heavy atom. The zero-order chi connectivity index (χ0) is 31.9. The van der Waals surface area contributed by atoms with Crippen molar-refractivity contribution < 1.29 is 29.1 Å². The number of nitrogens with zero attached hydrogens (tertiary/aromatic N) is 1. The highest BCUT2D eigenvalue weighted by Crippen LogP contribution is 2.19. The van der Waals surface area contributed by atoms with Crippen LogP contribution in [0.5, 0.6) is 0 Å². The number of amides is 4. The van der Waals surface area contributed by atoms with Gasteiger partial charge >= 0.3 is 5.97 Å². The largest absolute Gasteiger partial charge is 0.480 e. The molecule has 0 radical (unpaired) electrons. The smallest absolute Gasteiger partial charge is 0.326 e. The van der Waals surface area contributed by atoms with Crippen molar-refractivity contribution in [3.05, 3.63) is 36.0 Å². The lowest BCUT2D eigenvalue weighted by Gasteiger charge is -2.25. The number of aliphatic carboxylic acids is 1. The van der Waals surface area contributed by atoms with E-state index in [0.29, 0.717) is 19.4 Å². The first kappa shape index (κ1) is 34.5. The van der Waals surface area contributed by atoms with Crippen LogP contribution in [0.1, 0.15) is 44.1 Å². The maximum atomic E-state index is 13.3. The average molecular weight is 603 g/mol. The van der Waals surface area contributed by atoms with Gasteiger partial charge in [0.25, 0.3) is 0 Å². The fraction of sp³-hybridized carbons (Fsp3) is 0.481. The summed E-state index contributed by atoms with van der Waals surface area (Å²) in [5.74, 6) is -4.68. The maximum absolute atomic E-state index is 13.3. The summed E-state index contributed by atoms with van der Waals surface area (Å²) in [7, 11) is 0. The highest BCUT2D eigenvalue weighted by atomic mass is 16.4. The molecule has 4 amide bonds. The van der Waals surface area contributed by atoms with Crippen LogP contribution in [0.2, 0.25) is 0 Å². The average Bonchev–Trinajstić information content (AvgIpc) is 3.35. The van der Waals surface area contributed by atoms with Crippen molar-refractivity contribution >= 4 is 46.5 Å². The van der Waals surface area contributed by atoms with Crippen LogP contribution in [-0.2, 0) is 30.4 Å². The van der Waals surface area contributed by atoms with Crippen molar-refractivity contribution in [1.82, 2.24) is 20.9 Å². The summed E-state index contributed by atoms with van der Waals surface area (Å²) >= 11 is 0. The molecule has 4 unspecified atom stereocenters. The molecule has 0 bridgehead atoms. The van der Waals surface area contributed by atoms with Crippen LogP contribution in [-0.4, -0.2) is 82.9 Å². The Kier molecular flexibility index (Phi) is 13.9. The topological polar surface area (TPSA) is 300 Å². The van der Waals surface area contributed by atoms with Crippen LogP contribution < -0.4 is 44.6 Å². The number of hydrogen-bond acceptors (Lipinski definition) is 8. The van der Waals surface area contributed by atoms with Gasteiger partial charge in [-0.25, -0.2) is 4.79 Å². The van der Waals surface area contributed by atoms with E-state index in [1.807, 2.05) is 24.3 Å². The number of unbranched alkanes of at least 4 members (excludes halogenated alkanes) is 1. The van der Waals surface area contributed by atoms with E-state index in [1.165, 1.54) is 0 Å². The quantitative estimate of drug-likeness (QED) is 0.0463. The van der Waals surface area contributed by atoms with Crippen molar-refractivity contribution in [2.24, 2.45) is 33.7 Å². The summed E-state index contributed by atoms with van der Waals surface area (Å²) in [4.78, 5) is 69.8. The molecule has 0 saturated heterocycles. The molecular weight excluding hydrogens is 560 g/mol. The minimum absolute atomic E-state index is 0.0147. The van der Waals surface area contributed by atoms with Crippen LogP contribution >= 0.6 is 0 Å². The number of carboxylic acid groups (broad SMARTS) is 1. The van der Waals surface area contributed by atoms with Crippen molar-refractivity contribution in [2.45, 2.75) is 69.1 Å². The number of fused-ring (bicyclic) bond motifs is 1. The molecule has 43 heavy (non-hydrogen) atoms. The number of aromatic nitrogens is 1. The van der Waals surface area contributed by atoms with Gasteiger partial charge in [0, 0.05) is 23.6 Å². The fourth-order valence-electron chi connectivity index (χ4n) is 4.39. The van der Waals surface area contributed by atoms with Gasteiger partial charge < -0.3 is 54.7 Å². The van der Waals surface area contributed by atoms with Crippen molar-refractivity contribution in [3.8, 4) is 0 Å². The van der Waals surface area contributed by atoms with Crippen LogP contribution in [0.15, 0.2) is 35.5 Å². The van der Waals surface area contributed by atoms with Crippen molar-refractivity contribution in [1.29, 1.82) is 0 Å². The number of nitrogens with one attached hydrogen (secondary N) is 4. The lowest BCUT2D eigenvalue weighted by Crippen LogP contribution is -2.57. The van der Waals surface area contributed by atoms with E-state index in [-0.39, 0.29) is 38.2 Å². The minimum Gasteiger partial charge on any atom is -0.480 e. The van der Waals surface area contributed by atoms with Gasteiger partial charge in [0.05, 0.1) is 12.5 Å². The number of guanidine groups is 1. The summed E-state index contributed by atoms with van der Waals surface area (Å²) in [6.07, 6.45) is 2.70. The number of nitrogens with two attached hydrogens (primary N) is 5. The molecule has 1 aromatic carbocycles. The number of carbonyl (C=O) groups is 5. The lowest BCUT2D eigenvalue weighted by atomic mass is 10.0. The molecule has 16 heteroatoms. The molecule has 16 nitrogen and oxygen atoms in total. The van der Waals surface area contributed by atoms with Gasteiger partial charge in [-0.15, -0.1) is 0 Å². The molecule has 4 atom stereocenters. The third kappa shape index (κ3) is 11.6. The molecule has 0 fully saturated rings. The molecule has 0 aliphatic rings.